The molecule has 0 bridgehead atoms. The van der Waals surface area contributed by atoms with Gasteiger partial charge in [0.15, 0.2) is 11.6 Å². The van der Waals surface area contributed by atoms with Gasteiger partial charge in [-0.3, -0.25) is 9.59 Å². The van der Waals surface area contributed by atoms with E-state index >= 15 is 0 Å². The van der Waals surface area contributed by atoms with Gasteiger partial charge >= 0.3 is 0 Å². The Morgan fingerprint density at radius 1 is 1.29 bits per heavy atom. The minimum Gasteiger partial charge on any atom is -0.491 e. The van der Waals surface area contributed by atoms with Crippen LogP contribution in [0, 0.1) is 11.6 Å². The number of benzene rings is 1. The van der Waals surface area contributed by atoms with Gasteiger partial charge in [0.25, 0.3) is 0 Å². The van der Waals surface area contributed by atoms with Gasteiger partial charge in [-0.15, -0.1) is 12.4 Å². The standard InChI is InChI=1S/C19H25F2N3O3.ClH/c20-14-5-6-17(16(21)11-14)27-10-2-4-18(25)23-8-1-3-15(13-23)24-9-7-22-12-19(24)26;/h5-6,11,15,22H,1-4,7-10,12-13H2;1H. The fraction of sp³-hybridized carbons (Fsp3) is 0.579. The normalized spacial score (nSPS) is 19.9. The summed E-state index contributed by atoms with van der Waals surface area (Å²) in [6.07, 6.45) is 2.54. The third-order valence-electron chi connectivity index (χ3n) is 5.00. The van der Waals surface area contributed by atoms with Crippen LogP contribution in [0.4, 0.5) is 8.78 Å². The SMILES string of the molecule is Cl.O=C(CCCOc1ccc(F)cc1F)N1CCCC(N2CCNCC2=O)C1. The molecule has 2 fully saturated rings. The number of nitrogens with zero attached hydrogens (tertiary/aromatic N) is 2. The largest absolute Gasteiger partial charge is 0.491 e. The van der Waals surface area contributed by atoms with Crippen LogP contribution in [0.2, 0.25) is 0 Å². The highest BCUT2D eigenvalue weighted by Crippen LogP contribution is 2.19. The van der Waals surface area contributed by atoms with Crippen molar-refractivity contribution in [3.63, 3.8) is 0 Å². The van der Waals surface area contributed by atoms with Crippen LogP contribution >= 0.6 is 12.4 Å². The van der Waals surface area contributed by atoms with Crippen molar-refractivity contribution >= 4 is 24.2 Å². The van der Waals surface area contributed by atoms with Crippen LogP contribution in [0.25, 0.3) is 0 Å². The van der Waals surface area contributed by atoms with Gasteiger partial charge in [-0.05, 0) is 31.4 Å². The van der Waals surface area contributed by atoms with E-state index in [9.17, 15) is 18.4 Å². The van der Waals surface area contributed by atoms with E-state index in [1.54, 1.807) is 0 Å². The molecule has 0 aliphatic carbocycles. The van der Waals surface area contributed by atoms with Gasteiger partial charge in [0, 0.05) is 44.7 Å². The first-order valence-electron chi connectivity index (χ1n) is 9.40. The van der Waals surface area contributed by atoms with Crippen molar-refractivity contribution in [3.05, 3.63) is 29.8 Å². The lowest BCUT2D eigenvalue weighted by Crippen LogP contribution is -2.57. The molecule has 0 spiro atoms. The Bertz CT molecular complexity index is 692. The van der Waals surface area contributed by atoms with Crippen LogP contribution in [0.3, 0.4) is 0 Å². The molecule has 28 heavy (non-hydrogen) atoms. The fourth-order valence-electron chi connectivity index (χ4n) is 3.60. The van der Waals surface area contributed by atoms with Crippen molar-refractivity contribution in [1.29, 1.82) is 0 Å². The number of rotatable bonds is 6. The number of ether oxygens (including phenoxy) is 1. The first kappa shape index (κ1) is 22.4. The molecular formula is C19H26ClF2N3O3. The molecule has 1 unspecified atom stereocenters. The van der Waals surface area contributed by atoms with E-state index in [-0.39, 0.29) is 42.6 Å². The third kappa shape index (κ3) is 5.78. The maximum atomic E-state index is 13.5. The summed E-state index contributed by atoms with van der Waals surface area (Å²) in [5, 5.41) is 3.06. The topological polar surface area (TPSA) is 61.9 Å². The molecule has 1 aromatic carbocycles. The molecular weight excluding hydrogens is 392 g/mol. The molecule has 0 saturated carbocycles. The summed E-state index contributed by atoms with van der Waals surface area (Å²) >= 11 is 0. The summed E-state index contributed by atoms with van der Waals surface area (Å²) < 4.78 is 31.7. The lowest BCUT2D eigenvalue weighted by molar-refractivity contribution is -0.140. The average Bonchev–Trinajstić information content (AvgIpc) is 2.67. The van der Waals surface area contributed by atoms with Crippen LogP contribution in [0.15, 0.2) is 18.2 Å². The number of nitrogens with one attached hydrogen (secondary N) is 1. The van der Waals surface area contributed by atoms with Gasteiger partial charge in [0.05, 0.1) is 13.2 Å². The lowest BCUT2D eigenvalue weighted by Gasteiger charge is -2.41. The summed E-state index contributed by atoms with van der Waals surface area (Å²) in [4.78, 5) is 28.2. The Kier molecular flexibility index (Phi) is 8.44. The van der Waals surface area contributed by atoms with Crippen molar-refractivity contribution < 1.29 is 23.1 Å². The van der Waals surface area contributed by atoms with E-state index in [0.29, 0.717) is 39.0 Å². The van der Waals surface area contributed by atoms with E-state index in [0.717, 1.165) is 31.5 Å². The number of hydrogen-bond acceptors (Lipinski definition) is 4. The molecule has 1 aromatic rings. The second-order valence-electron chi connectivity index (χ2n) is 6.93. The van der Waals surface area contributed by atoms with Crippen LogP contribution in [0.5, 0.6) is 5.75 Å². The molecule has 2 aliphatic heterocycles. The number of amides is 2. The summed E-state index contributed by atoms with van der Waals surface area (Å²) in [6.45, 7) is 3.28. The van der Waals surface area contributed by atoms with E-state index in [1.807, 2.05) is 9.80 Å². The Morgan fingerprint density at radius 3 is 2.86 bits per heavy atom. The van der Waals surface area contributed by atoms with Crippen LogP contribution in [0.1, 0.15) is 25.7 Å². The first-order valence-corrected chi connectivity index (χ1v) is 9.40. The molecule has 9 heteroatoms. The van der Waals surface area contributed by atoms with Crippen LogP contribution in [-0.2, 0) is 9.59 Å². The molecule has 1 atom stereocenters. The highest BCUT2D eigenvalue weighted by molar-refractivity contribution is 5.85. The number of hydrogen-bond donors (Lipinski definition) is 1. The predicted molar refractivity (Wildman–Crippen MR) is 103 cm³/mol. The third-order valence-corrected chi connectivity index (χ3v) is 5.00. The first-order chi connectivity index (χ1) is 13.0. The van der Waals surface area contributed by atoms with Crippen molar-refractivity contribution in [2.24, 2.45) is 0 Å². The van der Waals surface area contributed by atoms with Crippen LogP contribution < -0.4 is 10.1 Å². The molecule has 3 rings (SSSR count). The second kappa shape index (κ2) is 10.6. The minimum absolute atomic E-state index is 0. The maximum Gasteiger partial charge on any atom is 0.236 e. The summed E-state index contributed by atoms with van der Waals surface area (Å²) in [5.41, 5.74) is 0. The molecule has 0 radical (unpaired) electrons. The van der Waals surface area contributed by atoms with E-state index in [1.165, 1.54) is 6.07 Å². The summed E-state index contributed by atoms with van der Waals surface area (Å²) in [7, 11) is 0. The van der Waals surface area contributed by atoms with E-state index in [2.05, 4.69) is 5.32 Å². The summed E-state index contributed by atoms with van der Waals surface area (Å²) in [5.74, 6) is -1.31. The van der Waals surface area contributed by atoms with Crippen molar-refractivity contribution in [3.8, 4) is 5.75 Å². The Morgan fingerprint density at radius 2 is 2.11 bits per heavy atom. The van der Waals surface area contributed by atoms with Gasteiger partial charge < -0.3 is 19.9 Å². The molecule has 0 aromatic heterocycles. The van der Waals surface area contributed by atoms with Gasteiger partial charge in [0.1, 0.15) is 5.82 Å². The fourth-order valence-corrected chi connectivity index (χ4v) is 3.60. The number of likely N-dealkylation sites (tertiary alicyclic amines) is 1. The highest BCUT2D eigenvalue weighted by Gasteiger charge is 2.31. The second-order valence-corrected chi connectivity index (χ2v) is 6.93. The maximum absolute atomic E-state index is 13.5. The monoisotopic (exact) mass is 417 g/mol. The van der Waals surface area contributed by atoms with Gasteiger partial charge in [-0.1, -0.05) is 0 Å². The minimum atomic E-state index is -0.749. The molecule has 2 heterocycles. The number of carbonyl (C=O) groups excluding carboxylic acids is 2. The quantitative estimate of drug-likeness (QED) is 0.719. The summed E-state index contributed by atoms with van der Waals surface area (Å²) in [6, 6.07) is 3.23. The Balaban J connectivity index is 0.00000280. The smallest absolute Gasteiger partial charge is 0.236 e. The van der Waals surface area contributed by atoms with Gasteiger partial charge in [-0.25, -0.2) is 8.78 Å². The molecule has 2 aliphatic rings. The number of piperidine rings is 1. The average molecular weight is 418 g/mol. The number of carbonyl (C=O) groups is 2. The number of piperazine rings is 1. The van der Waals surface area contributed by atoms with Gasteiger partial charge in [0.2, 0.25) is 11.8 Å². The predicted octanol–water partition coefficient (Wildman–Crippen LogP) is 1.97. The van der Waals surface area contributed by atoms with E-state index in [4.69, 9.17) is 4.74 Å². The molecule has 6 nitrogen and oxygen atoms in total. The lowest BCUT2D eigenvalue weighted by atomic mass is 10.0. The van der Waals surface area contributed by atoms with E-state index < -0.39 is 11.6 Å². The van der Waals surface area contributed by atoms with Crippen molar-refractivity contribution in [2.45, 2.75) is 31.7 Å². The molecule has 156 valence electrons. The zero-order valence-corrected chi connectivity index (χ0v) is 16.5. The zero-order valence-electron chi connectivity index (χ0n) is 15.7. The van der Waals surface area contributed by atoms with Gasteiger partial charge in [-0.2, -0.15) is 0 Å². The van der Waals surface area contributed by atoms with Crippen molar-refractivity contribution in [1.82, 2.24) is 15.1 Å². The highest BCUT2D eigenvalue weighted by atomic mass is 35.5. The van der Waals surface area contributed by atoms with Crippen LogP contribution in [-0.4, -0.2) is 67.0 Å². The zero-order chi connectivity index (χ0) is 19.2. The molecule has 2 saturated heterocycles. The van der Waals surface area contributed by atoms with Crippen molar-refractivity contribution in [2.75, 3.05) is 39.3 Å². The molecule has 2 amide bonds. The Hall–Kier alpha value is -1.93. The number of halogens is 3. The molecule has 1 N–H and O–H groups in total. The Labute approximate surface area is 169 Å².